The van der Waals surface area contributed by atoms with Crippen LogP contribution in [-0.2, 0) is 9.31 Å². The maximum absolute atomic E-state index is 5.99. The highest BCUT2D eigenvalue weighted by Gasteiger charge is 2.52. The topological polar surface area (TPSA) is 47.5 Å². The number of hydrogen-bond donors (Lipinski definition) is 0. The fraction of sp³-hybridized carbons (Fsp3) is 0.733. The lowest BCUT2D eigenvalue weighted by atomic mass is 9.85. The molecule has 0 N–H and O–H groups in total. The molecule has 1 aromatic rings. The average Bonchev–Trinajstić information content (AvgIpc) is 2.92. The summed E-state index contributed by atoms with van der Waals surface area (Å²) in [5, 5.41) is 0. The van der Waals surface area contributed by atoms with Crippen molar-refractivity contribution in [2.75, 3.05) is 18.0 Å². The second-order valence-corrected chi connectivity index (χ2v) is 7.23. The molecule has 0 aliphatic carbocycles. The van der Waals surface area contributed by atoms with Gasteiger partial charge in [0.15, 0.2) is 0 Å². The maximum atomic E-state index is 5.99. The number of anilines is 1. The van der Waals surface area contributed by atoms with Gasteiger partial charge in [0.1, 0.15) is 5.82 Å². The Labute approximate surface area is 127 Å². The van der Waals surface area contributed by atoms with Crippen LogP contribution in [0, 0.1) is 5.92 Å². The van der Waals surface area contributed by atoms with E-state index in [1.807, 2.05) is 33.9 Å². The first kappa shape index (κ1) is 14.8. The summed E-state index contributed by atoms with van der Waals surface area (Å²) >= 11 is 0. The van der Waals surface area contributed by atoms with E-state index in [1.165, 1.54) is 6.42 Å². The van der Waals surface area contributed by atoms with Crippen molar-refractivity contribution in [3.63, 3.8) is 0 Å². The van der Waals surface area contributed by atoms with Crippen LogP contribution in [0.2, 0.25) is 0 Å². The van der Waals surface area contributed by atoms with Gasteiger partial charge >= 0.3 is 7.12 Å². The quantitative estimate of drug-likeness (QED) is 0.774. The third kappa shape index (κ3) is 2.67. The van der Waals surface area contributed by atoms with Crippen LogP contribution in [0.3, 0.4) is 0 Å². The minimum atomic E-state index is -0.436. The van der Waals surface area contributed by atoms with E-state index in [-0.39, 0.29) is 11.2 Å². The molecule has 2 aliphatic rings. The summed E-state index contributed by atoms with van der Waals surface area (Å²) < 4.78 is 12.0. The van der Waals surface area contributed by atoms with Crippen LogP contribution in [0.4, 0.5) is 5.82 Å². The molecule has 2 saturated heterocycles. The molecule has 1 aromatic heterocycles. The van der Waals surface area contributed by atoms with Crippen LogP contribution in [0.5, 0.6) is 0 Å². The Morgan fingerprint density at radius 3 is 2.29 bits per heavy atom. The zero-order chi connectivity index (χ0) is 15.3. The first-order valence-corrected chi connectivity index (χ1v) is 7.71. The van der Waals surface area contributed by atoms with Gasteiger partial charge in [-0.1, -0.05) is 6.92 Å². The van der Waals surface area contributed by atoms with Crippen molar-refractivity contribution in [1.29, 1.82) is 0 Å². The SMILES string of the molecule is CC1CCN(c2cnc(B3OC(C)(C)C(C)(C)O3)cn2)C1. The summed E-state index contributed by atoms with van der Waals surface area (Å²) in [6.45, 7) is 12.6. The van der Waals surface area contributed by atoms with Gasteiger partial charge in [0.2, 0.25) is 0 Å². The average molecular weight is 289 g/mol. The molecule has 5 nitrogen and oxygen atoms in total. The zero-order valence-corrected chi connectivity index (χ0v) is 13.6. The molecule has 1 atom stereocenters. The van der Waals surface area contributed by atoms with Crippen LogP contribution < -0.4 is 10.5 Å². The molecule has 0 spiro atoms. The molecule has 21 heavy (non-hydrogen) atoms. The predicted octanol–water partition coefficient (Wildman–Crippen LogP) is 1.62. The molecule has 0 saturated carbocycles. The fourth-order valence-electron chi connectivity index (χ4n) is 2.72. The van der Waals surface area contributed by atoms with Gasteiger partial charge in [0.25, 0.3) is 0 Å². The molecule has 3 rings (SSSR count). The second-order valence-electron chi connectivity index (χ2n) is 7.23. The van der Waals surface area contributed by atoms with Crippen molar-refractivity contribution in [2.24, 2.45) is 5.92 Å². The summed E-state index contributed by atoms with van der Waals surface area (Å²) in [7, 11) is -0.436. The minimum Gasteiger partial charge on any atom is -0.398 e. The van der Waals surface area contributed by atoms with Gasteiger partial charge in [0, 0.05) is 19.3 Å². The smallest absolute Gasteiger partial charge is 0.398 e. The van der Waals surface area contributed by atoms with E-state index in [0.717, 1.165) is 30.4 Å². The third-order valence-electron chi connectivity index (χ3n) is 4.90. The lowest BCUT2D eigenvalue weighted by molar-refractivity contribution is 0.00578. The molecule has 6 heteroatoms. The lowest BCUT2D eigenvalue weighted by Crippen LogP contribution is -2.41. The van der Waals surface area contributed by atoms with Gasteiger partial charge in [-0.2, -0.15) is 0 Å². The van der Waals surface area contributed by atoms with E-state index in [1.54, 1.807) is 6.20 Å². The largest absolute Gasteiger partial charge is 0.516 e. The molecule has 1 unspecified atom stereocenters. The van der Waals surface area contributed by atoms with E-state index in [2.05, 4.69) is 21.8 Å². The van der Waals surface area contributed by atoms with Crippen LogP contribution in [0.1, 0.15) is 41.0 Å². The summed E-state index contributed by atoms with van der Waals surface area (Å²) in [6, 6.07) is 0. The molecule has 0 amide bonds. The minimum absolute atomic E-state index is 0.345. The van der Waals surface area contributed by atoms with Crippen molar-refractivity contribution in [2.45, 2.75) is 52.2 Å². The monoisotopic (exact) mass is 289 g/mol. The first-order chi connectivity index (χ1) is 9.78. The van der Waals surface area contributed by atoms with Gasteiger partial charge in [-0.3, -0.25) is 4.98 Å². The predicted molar refractivity (Wildman–Crippen MR) is 83.7 cm³/mol. The van der Waals surface area contributed by atoms with E-state index < -0.39 is 7.12 Å². The molecule has 2 aliphatic heterocycles. The number of rotatable bonds is 2. The molecule has 2 fully saturated rings. The van der Waals surface area contributed by atoms with Crippen LogP contribution >= 0.6 is 0 Å². The highest BCUT2D eigenvalue weighted by Crippen LogP contribution is 2.36. The Bertz CT molecular complexity index is 502. The Hall–Kier alpha value is -1.14. The summed E-state index contributed by atoms with van der Waals surface area (Å²) in [5.41, 5.74) is 0.0507. The van der Waals surface area contributed by atoms with Crippen molar-refractivity contribution >= 4 is 18.5 Å². The van der Waals surface area contributed by atoms with Crippen molar-refractivity contribution in [3.05, 3.63) is 12.4 Å². The first-order valence-electron chi connectivity index (χ1n) is 7.71. The van der Waals surface area contributed by atoms with E-state index >= 15 is 0 Å². The summed E-state index contributed by atoms with van der Waals surface area (Å²) in [6.07, 6.45) is 4.83. The number of hydrogen-bond acceptors (Lipinski definition) is 5. The van der Waals surface area contributed by atoms with Gasteiger partial charge in [-0.15, -0.1) is 0 Å². The van der Waals surface area contributed by atoms with E-state index in [4.69, 9.17) is 9.31 Å². The summed E-state index contributed by atoms with van der Waals surface area (Å²) in [4.78, 5) is 11.3. The van der Waals surface area contributed by atoms with Crippen molar-refractivity contribution in [1.82, 2.24) is 9.97 Å². The molecule has 0 radical (unpaired) electrons. The van der Waals surface area contributed by atoms with E-state index in [9.17, 15) is 0 Å². The molecular formula is C15H24BN3O2. The number of aromatic nitrogens is 2. The van der Waals surface area contributed by atoms with Crippen LogP contribution in [-0.4, -0.2) is 41.4 Å². The Morgan fingerprint density at radius 1 is 1.14 bits per heavy atom. The molecule has 0 aromatic carbocycles. The molecular weight excluding hydrogens is 265 g/mol. The number of nitrogens with zero attached hydrogens (tertiary/aromatic N) is 3. The second kappa shape index (κ2) is 4.95. The Balaban J connectivity index is 1.74. The summed E-state index contributed by atoms with van der Waals surface area (Å²) in [5.74, 6) is 1.68. The van der Waals surface area contributed by atoms with Gasteiger partial charge in [0.05, 0.1) is 23.0 Å². The molecule has 114 valence electrons. The Kier molecular flexibility index (Phi) is 3.49. The van der Waals surface area contributed by atoms with E-state index in [0.29, 0.717) is 0 Å². The van der Waals surface area contributed by atoms with Crippen molar-refractivity contribution < 1.29 is 9.31 Å². The molecule has 3 heterocycles. The lowest BCUT2D eigenvalue weighted by Gasteiger charge is -2.32. The van der Waals surface area contributed by atoms with Gasteiger partial charge < -0.3 is 14.2 Å². The maximum Gasteiger partial charge on any atom is 0.516 e. The Morgan fingerprint density at radius 2 is 1.81 bits per heavy atom. The van der Waals surface area contributed by atoms with Gasteiger partial charge in [-0.05, 0) is 40.0 Å². The van der Waals surface area contributed by atoms with Crippen LogP contribution in [0.15, 0.2) is 12.4 Å². The highest BCUT2D eigenvalue weighted by molar-refractivity contribution is 6.61. The van der Waals surface area contributed by atoms with Gasteiger partial charge in [-0.25, -0.2) is 4.98 Å². The van der Waals surface area contributed by atoms with Crippen LogP contribution in [0.25, 0.3) is 0 Å². The normalized spacial score (nSPS) is 27.4. The third-order valence-corrected chi connectivity index (χ3v) is 4.90. The zero-order valence-electron chi connectivity index (χ0n) is 13.6. The highest BCUT2D eigenvalue weighted by atomic mass is 16.7. The standard InChI is InChI=1S/C15H24BN3O2/c1-11-6-7-19(10-11)13-9-17-12(8-18-13)16-20-14(2,3)15(4,5)21-16/h8-9,11H,6-7,10H2,1-5H3. The fourth-order valence-corrected chi connectivity index (χ4v) is 2.72. The molecule has 0 bridgehead atoms. The van der Waals surface area contributed by atoms with Crippen molar-refractivity contribution in [3.8, 4) is 0 Å².